The Morgan fingerprint density at radius 3 is 2.39 bits per heavy atom. The molecule has 3 N–H and O–H groups in total. The van der Waals surface area contributed by atoms with Crippen LogP contribution in [0.3, 0.4) is 0 Å². The normalized spacial score (nSPS) is 20.4. The molecule has 1 atom stereocenters. The maximum atomic E-state index is 11.8. The van der Waals surface area contributed by atoms with Gasteiger partial charge in [-0.1, -0.05) is 0 Å². The molecule has 1 aliphatic rings. The van der Waals surface area contributed by atoms with Gasteiger partial charge < -0.3 is 10.5 Å². The van der Waals surface area contributed by atoms with Crippen molar-refractivity contribution in [1.82, 2.24) is 13.9 Å². The van der Waals surface area contributed by atoms with Crippen LogP contribution in [0.4, 0.5) is 4.79 Å². The predicted molar refractivity (Wildman–Crippen MR) is 66.1 cm³/mol. The summed E-state index contributed by atoms with van der Waals surface area (Å²) in [7, 11) is -2.68. The highest BCUT2D eigenvalue weighted by atomic mass is 32.2. The second kappa shape index (κ2) is 6.32. The summed E-state index contributed by atoms with van der Waals surface area (Å²) in [6, 6.07) is 0.225. The summed E-state index contributed by atoms with van der Waals surface area (Å²) in [5.41, 5.74) is 5.56. The predicted octanol–water partition coefficient (Wildman–Crippen LogP) is -1.45. The molecule has 1 saturated heterocycles. The second-order valence-corrected chi connectivity index (χ2v) is 5.79. The quantitative estimate of drug-likeness (QED) is 0.653. The Morgan fingerprint density at radius 1 is 1.39 bits per heavy atom. The number of rotatable bonds is 4. The maximum Gasteiger partial charge on any atom is 0.421 e. The van der Waals surface area contributed by atoms with Crippen molar-refractivity contribution in [3.05, 3.63) is 0 Å². The maximum absolute atomic E-state index is 11.8. The number of ether oxygens (including phenoxy) is 1. The van der Waals surface area contributed by atoms with Gasteiger partial charge in [0.15, 0.2) is 0 Å². The zero-order valence-electron chi connectivity index (χ0n) is 10.6. The number of nitrogens with zero attached hydrogens (tertiary/aromatic N) is 2. The van der Waals surface area contributed by atoms with Gasteiger partial charge in [0.1, 0.15) is 0 Å². The molecule has 106 valence electrons. The molecule has 0 aromatic carbocycles. The van der Waals surface area contributed by atoms with Gasteiger partial charge in [0.05, 0.1) is 7.11 Å². The lowest BCUT2D eigenvalue weighted by Gasteiger charge is -2.36. The third-order valence-electron chi connectivity index (χ3n) is 2.98. The van der Waals surface area contributed by atoms with E-state index >= 15 is 0 Å². The Kier molecular flexibility index (Phi) is 5.32. The molecule has 1 heterocycles. The van der Waals surface area contributed by atoms with Crippen molar-refractivity contribution in [2.24, 2.45) is 5.73 Å². The first kappa shape index (κ1) is 15.2. The van der Waals surface area contributed by atoms with Crippen molar-refractivity contribution in [2.75, 3.05) is 39.8 Å². The summed E-state index contributed by atoms with van der Waals surface area (Å²) in [5.74, 6) is 0. The van der Waals surface area contributed by atoms with Gasteiger partial charge in [-0.05, 0) is 6.92 Å². The van der Waals surface area contributed by atoms with Crippen LogP contribution < -0.4 is 10.5 Å². The van der Waals surface area contributed by atoms with Crippen LogP contribution in [0, 0.1) is 0 Å². The van der Waals surface area contributed by atoms with Gasteiger partial charge >= 0.3 is 16.3 Å². The molecule has 0 radical (unpaired) electrons. The van der Waals surface area contributed by atoms with Crippen molar-refractivity contribution in [3.63, 3.8) is 0 Å². The average molecular weight is 280 g/mol. The van der Waals surface area contributed by atoms with Gasteiger partial charge in [0.2, 0.25) is 0 Å². The van der Waals surface area contributed by atoms with E-state index in [1.165, 1.54) is 4.31 Å². The van der Waals surface area contributed by atoms with Crippen molar-refractivity contribution >= 4 is 16.3 Å². The third-order valence-corrected chi connectivity index (χ3v) is 4.44. The van der Waals surface area contributed by atoms with E-state index in [2.05, 4.69) is 9.64 Å². The molecule has 0 aromatic rings. The highest BCUT2D eigenvalue weighted by Crippen LogP contribution is 2.08. The first-order chi connectivity index (χ1) is 8.40. The molecule has 0 aromatic heterocycles. The van der Waals surface area contributed by atoms with Gasteiger partial charge in [0, 0.05) is 38.8 Å². The van der Waals surface area contributed by atoms with Gasteiger partial charge in [0.25, 0.3) is 0 Å². The number of hydrogen-bond acceptors (Lipinski definition) is 6. The lowest BCUT2D eigenvalue weighted by molar-refractivity contribution is 0.146. The zero-order chi connectivity index (χ0) is 13.8. The molecule has 0 bridgehead atoms. The summed E-state index contributed by atoms with van der Waals surface area (Å²) in [4.78, 5) is 13.0. The summed E-state index contributed by atoms with van der Waals surface area (Å²) >= 11 is 0. The Labute approximate surface area is 107 Å². The topological polar surface area (TPSA) is 105 Å². The lowest BCUT2D eigenvalue weighted by Crippen LogP contribution is -2.55. The SMILES string of the molecule is COC(=O)NS(=O)(=O)N1CCN(C(C)CN)CC1. The first-order valence-corrected chi connectivity index (χ1v) is 7.14. The number of amides is 1. The Hall–Kier alpha value is -0.900. The molecular weight excluding hydrogens is 260 g/mol. The molecule has 8 nitrogen and oxygen atoms in total. The molecule has 1 fully saturated rings. The minimum absolute atomic E-state index is 0.225. The Bertz CT molecular complexity index is 378. The van der Waals surface area contributed by atoms with E-state index in [0.717, 1.165) is 7.11 Å². The summed E-state index contributed by atoms with van der Waals surface area (Å²) in [6.45, 7) is 4.39. The third kappa shape index (κ3) is 3.80. The fourth-order valence-corrected chi connectivity index (χ4v) is 2.81. The van der Waals surface area contributed by atoms with Gasteiger partial charge in [-0.3, -0.25) is 4.90 Å². The second-order valence-electron chi connectivity index (χ2n) is 4.12. The fraction of sp³-hybridized carbons (Fsp3) is 0.889. The largest absolute Gasteiger partial charge is 0.452 e. The number of methoxy groups -OCH3 is 1. The minimum atomic E-state index is -3.80. The molecule has 1 rings (SSSR count). The monoisotopic (exact) mass is 280 g/mol. The molecular formula is C9H20N4O4S. The van der Waals surface area contributed by atoms with Crippen LogP contribution in [0.25, 0.3) is 0 Å². The molecule has 1 aliphatic heterocycles. The zero-order valence-corrected chi connectivity index (χ0v) is 11.4. The molecule has 0 saturated carbocycles. The molecule has 0 aliphatic carbocycles. The average Bonchev–Trinajstić information content (AvgIpc) is 2.37. The number of nitrogens with two attached hydrogens (primary N) is 1. The van der Waals surface area contributed by atoms with E-state index in [4.69, 9.17) is 5.73 Å². The fourth-order valence-electron chi connectivity index (χ4n) is 1.75. The van der Waals surface area contributed by atoms with Crippen LogP contribution >= 0.6 is 0 Å². The summed E-state index contributed by atoms with van der Waals surface area (Å²) in [5, 5.41) is 0. The molecule has 1 unspecified atom stereocenters. The smallest absolute Gasteiger partial charge is 0.421 e. The van der Waals surface area contributed by atoms with Gasteiger partial charge in [-0.2, -0.15) is 12.7 Å². The number of carbonyl (C=O) groups is 1. The molecule has 0 spiro atoms. The highest BCUT2D eigenvalue weighted by Gasteiger charge is 2.29. The van der Waals surface area contributed by atoms with E-state index in [9.17, 15) is 13.2 Å². The van der Waals surface area contributed by atoms with Crippen LogP contribution in [0.2, 0.25) is 0 Å². The van der Waals surface area contributed by atoms with E-state index in [0.29, 0.717) is 32.7 Å². The van der Waals surface area contributed by atoms with Crippen LogP contribution in [0.1, 0.15) is 6.92 Å². The van der Waals surface area contributed by atoms with E-state index < -0.39 is 16.3 Å². The Balaban J connectivity index is 2.54. The molecule has 9 heteroatoms. The van der Waals surface area contributed by atoms with Gasteiger partial charge in [-0.15, -0.1) is 0 Å². The van der Waals surface area contributed by atoms with Crippen LogP contribution in [-0.4, -0.2) is 69.6 Å². The van der Waals surface area contributed by atoms with Crippen molar-refractivity contribution in [1.29, 1.82) is 0 Å². The van der Waals surface area contributed by atoms with Crippen LogP contribution in [0.5, 0.6) is 0 Å². The van der Waals surface area contributed by atoms with Crippen LogP contribution in [-0.2, 0) is 14.9 Å². The standard InChI is InChI=1S/C9H20N4O4S/c1-8(7-10)12-3-5-13(6-4-12)18(15,16)11-9(14)17-2/h8H,3-7,10H2,1-2H3,(H,11,14). The van der Waals surface area contributed by atoms with E-state index in [-0.39, 0.29) is 6.04 Å². The van der Waals surface area contributed by atoms with Crippen molar-refractivity contribution in [3.8, 4) is 0 Å². The Morgan fingerprint density at radius 2 is 1.94 bits per heavy atom. The lowest BCUT2D eigenvalue weighted by atomic mass is 10.2. The van der Waals surface area contributed by atoms with Crippen LogP contribution in [0.15, 0.2) is 0 Å². The number of carbonyl (C=O) groups excluding carboxylic acids is 1. The highest BCUT2D eigenvalue weighted by molar-refractivity contribution is 7.87. The summed E-state index contributed by atoms with van der Waals surface area (Å²) < 4.78 is 30.9. The van der Waals surface area contributed by atoms with E-state index in [1.807, 2.05) is 11.6 Å². The number of piperazine rings is 1. The van der Waals surface area contributed by atoms with Crippen molar-refractivity contribution in [2.45, 2.75) is 13.0 Å². The molecule has 1 amide bonds. The number of nitrogens with one attached hydrogen (secondary N) is 1. The van der Waals surface area contributed by atoms with E-state index in [1.54, 1.807) is 0 Å². The summed E-state index contributed by atoms with van der Waals surface area (Å²) in [6.07, 6.45) is -0.979. The van der Waals surface area contributed by atoms with Crippen molar-refractivity contribution < 1.29 is 17.9 Å². The minimum Gasteiger partial charge on any atom is -0.452 e. The number of hydrogen-bond donors (Lipinski definition) is 2. The van der Waals surface area contributed by atoms with Gasteiger partial charge in [-0.25, -0.2) is 9.52 Å². The molecule has 18 heavy (non-hydrogen) atoms. The first-order valence-electron chi connectivity index (χ1n) is 5.70.